The molecular weight excluding hydrogens is 244 g/mol. The third-order valence-electron chi connectivity index (χ3n) is 2.20. The second-order valence-electron chi connectivity index (χ2n) is 4.05. The first-order valence-corrected chi connectivity index (χ1v) is 7.05. The number of carboxylic acids is 1. The van der Waals surface area contributed by atoms with Gasteiger partial charge in [0, 0.05) is 36.9 Å². The maximum atomic E-state index is 11.7. The van der Waals surface area contributed by atoms with Crippen molar-refractivity contribution in [2.75, 3.05) is 32.7 Å². The fourth-order valence-corrected chi connectivity index (χ4v) is 2.74. The lowest BCUT2D eigenvalue weighted by atomic mass is 10.1. The van der Waals surface area contributed by atoms with Crippen LogP contribution in [0.4, 0.5) is 0 Å². The Morgan fingerprint density at radius 3 is 2.41 bits per heavy atom. The van der Waals surface area contributed by atoms with Crippen LogP contribution in [0.15, 0.2) is 0 Å². The first-order chi connectivity index (χ1) is 8.00. The van der Waals surface area contributed by atoms with Crippen LogP contribution >= 0.6 is 0 Å². The minimum Gasteiger partial charge on any atom is -0.480 e. The third kappa shape index (κ3) is 7.46. The monoisotopic (exact) mass is 266 g/mol. The van der Waals surface area contributed by atoms with E-state index in [1.807, 2.05) is 0 Å². The zero-order valence-corrected chi connectivity index (χ0v) is 11.5. The zero-order chi connectivity index (χ0) is 13.3. The third-order valence-corrected chi connectivity index (χ3v) is 4.08. The summed E-state index contributed by atoms with van der Waals surface area (Å²) in [6.07, 6.45) is 0.787. The molecule has 1 N–H and O–H groups in total. The molecule has 0 amide bonds. The van der Waals surface area contributed by atoms with Crippen molar-refractivity contribution in [2.45, 2.75) is 25.5 Å². The van der Waals surface area contributed by atoms with Gasteiger partial charge < -0.3 is 14.6 Å². The van der Waals surface area contributed by atoms with E-state index in [0.29, 0.717) is 19.8 Å². The molecule has 102 valence electrons. The van der Waals surface area contributed by atoms with Gasteiger partial charge in [-0.25, -0.2) is 0 Å². The van der Waals surface area contributed by atoms with Crippen molar-refractivity contribution in [3.63, 3.8) is 0 Å². The van der Waals surface area contributed by atoms with Crippen molar-refractivity contribution in [2.24, 2.45) is 5.92 Å². The van der Waals surface area contributed by atoms with E-state index in [2.05, 4.69) is 0 Å². The van der Waals surface area contributed by atoms with Crippen LogP contribution in [0.2, 0.25) is 0 Å². The lowest BCUT2D eigenvalue weighted by Gasteiger charge is -2.15. The number of methoxy groups -OCH3 is 1. The Hall–Kier alpha value is -0.460. The molecule has 2 unspecified atom stereocenters. The molecule has 0 rings (SSSR count). The Labute approximate surface area is 105 Å². The van der Waals surface area contributed by atoms with Crippen molar-refractivity contribution in [1.82, 2.24) is 0 Å². The van der Waals surface area contributed by atoms with E-state index in [-0.39, 0.29) is 11.7 Å². The van der Waals surface area contributed by atoms with Crippen molar-refractivity contribution in [1.29, 1.82) is 0 Å². The molecule has 0 radical (unpaired) electrons. The molecule has 17 heavy (non-hydrogen) atoms. The Balaban J connectivity index is 3.80. The highest BCUT2D eigenvalue weighted by molar-refractivity contribution is 7.86. The second-order valence-corrected chi connectivity index (χ2v) is 5.72. The lowest BCUT2D eigenvalue weighted by Crippen LogP contribution is -2.33. The van der Waals surface area contributed by atoms with Crippen LogP contribution in [0.5, 0.6) is 0 Å². The average Bonchev–Trinajstić information content (AvgIpc) is 2.22. The van der Waals surface area contributed by atoms with Crippen molar-refractivity contribution < 1.29 is 23.6 Å². The standard InChI is InChI=1S/C11H22O5S/c1-9(2)10(11(12)13)17(14)8-7-16-6-4-5-15-3/h9-10H,4-8H2,1-3H3,(H,12,13). The molecule has 2 atom stereocenters. The van der Waals surface area contributed by atoms with Gasteiger partial charge in [-0.2, -0.15) is 0 Å². The second kappa shape index (κ2) is 9.56. The normalized spacial score (nSPS) is 14.8. The minimum absolute atomic E-state index is 0.137. The zero-order valence-electron chi connectivity index (χ0n) is 10.7. The quantitative estimate of drug-likeness (QED) is 0.595. The smallest absolute Gasteiger partial charge is 0.319 e. The Bertz CT molecular complexity index is 242. The van der Waals surface area contributed by atoms with Gasteiger partial charge in [-0.15, -0.1) is 0 Å². The molecule has 0 aliphatic rings. The van der Waals surface area contributed by atoms with E-state index >= 15 is 0 Å². The van der Waals surface area contributed by atoms with Crippen LogP contribution in [-0.4, -0.2) is 53.2 Å². The molecule has 0 fully saturated rings. The van der Waals surface area contributed by atoms with Gasteiger partial charge in [0.25, 0.3) is 0 Å². The summed E-state index contributed by atoms with van der Waals surface area (Å²) in [5.41, 5.74) is 0. The van der Waals surface area contributed by atoms with E-state index in [1.54, 1.807) is 21.0 Å². The number of carboxylic acid groups (broad SMARTS) is 1. The SMILES string of the molecule is COCCCOCCS(=O)C(C(=O)O)C(C)C. The number of hydrogen-bond donors (Lipinski definition) is 1. The Kier molecular flexibility index (Phi) is 9.30. The van der Waals surface area contributed by atoms with Crippen LogP contribution in [0, 0.1) is 5.92 Å². The molecule has 0 saturated carbocycles. The predicted molar refractivity (Wildman–Crippen MR) is 66.6 cm³/mol. The van der Waals surface area contributed by atoms with Gasteiger partial charge in [0.2, 0.25) is 0 Å². The highest BCUT2D eigenvalue weighted by Gasteiger charge is 2.27. The summed E-state index contributed by atoms with van der Waals surface area (Å²) in [5.74, 6) is -0.873. The molecule has 6 heteroatoms. The van der Waals surface area contributed by atoms with E-state index < -0.39 is 22.0 Å². The number of carbonyl (C=O) groups is 1. The van der Waals surface area contributed by atoms with Crippen molar-refractivity contribution in [3.05, 3.63) is 0 Å². The maximum Gasteiger partial charge on any atom is 0.319 e. The maximum absolute atomic E-state index is 11.7. The lowest BCUT2D eigenvalue weighted by molar-refractivity contribution is -0.137. The van der Waals surface area contributed by atoms with Gasteiger partial charge in [0.15, 0.2) is 0 Å². The first kappa shape index (κ1) is 16.5. The molecule has 0 saturated heterocycles. The molecular formula is C11H22O5S. The highest BCUT2D eigenvalue weighted by Crippen LogP contribution is 2.10. The van der Waals surface area contributed by atoms with Crippen molar-refractivity contribution in [3.8, 4) is 0 Å². The van der Waals surface area contributed by atoms with E-state index in [9.17, 15) is 9.00 Å². The van der Waals surface area contributed by atoms with Crippen LogP contribution in [0.1, 0.15) is 20.3 Å². The summed E-state index contributed by atoms with van der Waals surface area (Å²) >= 11 is 0. The predicted octanol–water partition coefficient (Wildman–Crippen LogP) is 0.897. The largest absolute Gasteiger partial charge is 0.480 e. The average molecular weight is 266 g/mol. The topological polar surface area (TPSA) is 72.8 Å². The minimum atomic E-state index is -1.38. The summed E-state index contributed by atoms with van der Waals surface area (Å²) in [6.45, 7) is 5.02. The summed E-state index contributed by atoms with van der Waals surface area (Å²) in [5, 5.41) is 8.13. The molecule has 0 aromatic rings. The van der Waals surface area contributed by atoms with Crippen molar-refractivity contribution >= 4 is 16.8 Å². The highest BCUT2D eigenvalue weighted by atomic mass is 32.2. The van der Waals surface area contributed by atoms with Gasteiger partial charge in [-0.05, 0) is 12.3 Å². The summed E-state index contributed by atoms with van der Waals surface area (Å²) in [4.78, 5) is 10.9. The number of aliphatic carboxylic acids is 1. The summed E-state index contributed by atoms with van der Waals surface area (Å²) in [6, 6.07) is 0. The molecule has 0 bridgehead atoms. The molecule has 0 aliphatic heterocycles. The van der Waals surface area contributed by atoms with Crippen LogP contribution in [-0.2, 0) is 25.1 Å². The van der Waals surface area contributed by atoms with Gasteiger partial charge in [0.05, 0.1) is 6.61 Å². The molecule has 0 aromatic carbocycles. The van der Waals surface area contributed by atoms with Gasteiger partial charge in [-0.1, -0.05) is 13.8 Å². The van der Waals surface area contributed by atoms with Gasteiger partial charge >= 0.3 is 5.97 Å². The molecule has 0 spiro atoms. The number of rotatable bonds is 10. The molecule has 0 aliphatic carbocycles. The van der Waals surface area contributed by atoms with Crippen LogP contribution in [0.3, 0.4) is 0 Å². The van der Waals surface area contributed by atoms with Gasteiger partial charge in [0.1, 0.15) is 5.25 Å². The van der Waals surface area contributed by atoms with Crippen LogP contribution in [0.25, 0.3) is 0 Å². The summed E-state index contributed by atoms with van der Waals surface area (Å²) < 4.78 is 21.8. The first-order valence-electron chi connectivity index (χ1n) is 5.67. The van der Waals surface area contributed by atoms with Crippen LogP contribution < -0.4 is 0 Å². The van der Waals surface area contributed by atoms with E-state index in [0.717, 1.165) is 6.42 Å². The molecule has 5 nitrogen and oxygen atoms in total. The number of hydrogen-bond acceptors (Lipinski definition) is 4. The van der Waals surface area contributed by atoms with E-state index in [1.165, 1.54) is 0 Å². The summed E-state index contributed by atoms with van der Waals surface area (Å²) in [7, 11) is 0.239. The fourth-order valence-electron chi connectivity index (χ4n) is 1.38. The Morgan fingerprint density at radius 2 is 1.94 bits per heavy atom. The molecule has 0 heterocycles. The molecule has 0 aromatic heterocycles. The Morgan fingerprint density at radius 1 is 1.29 bits per heavy atom. The van der Waals surface area contributed by atoms with Gasteiger partial charge in [-0.3, -0.25) is 9.00 Å². The fraction of sp³-hybridized carbons (Fsp3) is 0.909. The van der Waals surface area contributed by atoms with E-state index in [4.69, 9.17) is 14.6 Å². The number of ether oxygens (including phenoxy) is 2.